The maximum absolute atomic E-state index is 11.4. The molecule has 10 saturated heterocycles. The molecule has 10 heterocycles. The molecule has 1 unspecified atom stereocenters. The number of nitrogens with zero attached hydrogens (tertiary/aromatic N) is 3. The number of rotatable bonds is 12. The smallest absolute Gasteiger partial charge is 1.00 e. The molecule has 0 radical (unpaired) electrons. The molecule has 67 heavy (non-hydrogen) atoms. The first kappa shape index (κ1) is 50.2. The van der Waals surface area contributed by atoms with E-state index in [0.717, 1.165) is 69.0 Å². The zero-order chi connectivity index (χ0) is 45.0. The molecule has 3 aromatic rings. The SMILES string of the molecule is O[C@@](CO[C@H]1CN2CCC1CC2)(c1ccccc1)C1CCC1.O[C@H]1CN2CCC1CC2.O[C@](CO[C@H]1CN2CCC1CC2)(c1ccccc1)C1CCC1.[H-].[Na+].c1ccc(C2(C3CCC3)CO2)cc1. The van der Waals surface area contributed by atoms with Gasteiger partial charge in [0.2, 0.25) is 0 Å². The van der Waals surface area contributed by atoms with Crippen molar-refractivity contribution in [3.8, 4) is 0 Å². The predicted octanol–water partition coefficient (Wildman–Crippen LogP) is 5.47. The van der Waals surface area contributed by atoms with Crippen molar-refractivity contribution < 1.29 is 60.5 Å². The molecule has 0 aromatic heterocycles. The van der Waals surface area contributed by atoms with Crippen molar-refractivity contribution in [2.75, 3.05) is 78.7 Å². The van der Waals surface area contributed by atoms with Crippen LogP contribution in [-0.4, -0.2) is 127 Å². The molecule has 3 saturated carbocycles. The van der Waals surface area contributed by atoms with E-state index in [1.165, 1.54) is 115 Å². The fraction of sp³-hybridized carbons (Fsp3) is 0.684. The molecule has 6 atom stereocenters. The number of hydrogen-bond donors (Lipinski definition) is 3. The average Bonchev–Trinajstić information content (AvgIpc) is 4.12. The molecule has 0 spiro atoms. The molecule has 10 heteroatoms. The molecule has 6 bridgehead atoms. The van der Waals surface area contributed by atoms with E-state index in [4.69, 9.17) is 14.2 Å². The fourth-order valence-corrected chi connectivity index (χ4v) is 13.0. The first-order chi connectivity index (χ1) is 32.3. The summed E-state index contributed by atoms with van der Waals surface area (Å²) in [6, 6.07) is 31.0. The van der Waals surface area contributed by atoms with Gasteiger partial charge in [0, 0.05) is 19.6 Å². The van der Waals surface area contributed by atoms with Crippen molar-refractivity contribution in [2.45, 2.75) is 131 Å². The molecule has 362 valence electrons. The van der Waals surface area contributed by atoms with Crippen LogP contribution in [0.4, 0.5) is 0 Å². The second-order valence-corrected chi connectivity index (χ2v) is 22.2. The van der Waals surface area contributed by atoms with Crippen LogP contribution in [0, 0.1) is 35.5 Å². The number of fused-ring (bicyclic) bond motifs is 9. The third-order valence-corrected chi connectivity index (χ3v) is 18.4. The van der Waals surface area contributed by atoms with Crippen LogP contribution in [0.2, 0.25) is 0 Å². The van der Waals surface area contributed by atoms with E-state index in [9.17, 15) is 15.3 Å². The summed E-state index contributed by atoms with van der Waals surface area (Å²) in [6.07, 6.45) is 19.2. The fourth-order valence-electron chi connectivity index (χ4n) is 13.0. The van der Waals surface area contributed by atoms with Crippen LogP contribution in [0.15, 0.2) is 91.0 Å². The van der Waals surface area contributed by atoms with Gasteiger partial charge in [-0.15, -0.1) is 0 Å². The summed E-state index contributed by atoms with van der Waals surface area (Å²) in [4.78, 5) is 7.37. The van der Waals surface area contributed by atoms with Gasteiger partial charge in [0.25, 0.3) is 0 Å². The van der Waals surface area contributed by atoms with Crippen LogP contribution in [0.25, 0.3) is 0 Å². The molecular formula is C57H82N3NaO6. The van der Waals surface area contributed by atoms with E-state index < -0.39 is 11.2 Å². The summed E-state index contributed by atoms with van der Waals surface area (Å²) in [5, 5.41) is 32.1. The Balaban J connectivity index is 0.000000127. The predicted molar refractivity (Wildman–Crippen MR) is 261 cm³/mol. The van der Waals surface area contributed by atoms with Crippen molar-refractivity contribution in [3.63, 3.8) is 0 Å². The molecule has 10 aliphatic heterocycles. The van der Waals surface area contributed by atoms with Crippen LogP contribution in [0.5, 0.6) is 0 Å². The summed E-state index contributed by atoms with van der Waals surface area (Å²) in [7, 11) is 0. The minimum atomic E-state index is -0.800. The third kappa shape index (κ3) is 11.5. The van der Waals surface area contributed by atoms with E-state index >= 15 is 0 Å². The van der Waals surface area contributed by atoms with Crippen molar-refractivity contribution in [2.24, 2.45) is 35.5 Å². The molecule has 3 aromatic carbocycles. The van der Waals surface area contributed by atoms with Crippen molar-refractivity contribution in [1.29, 1.82) is 0 Å². The summed E-state index contributed by atoms with van der Waals surface area (Å²) in [5.41, 5.74) is 1.98. The number of ether oxygens (including phenoxy) is 3. The van der Waals surface area contributed by atoms with E-state index in [1.54, 1.807) is 0 Å². The Kier molecular flexibility index (Phi) is 17.1. The van der Waals surface area contributed by atoms with Crippen LogP contribution < -0.4 is 29.6 Å². The minimum absolute atomic E-state index is 0. The van der Waals surface area contributed by atoms with Crippen molar-refractivity contribution in [1.82, 2.24) is 14.7 Å². The van der Waals surface area contributed by atoms with Gasteiger partial charge in [-0.3, -0.25) is 0 Å². The number of aliphatic hydroxyl groups is 3. The topological polar surface area (TPSA) is 101 Å². The molecule has 9 nitrogen and oxygen atoms in total. The Bertz CT molecular complexity index is 1840. The Morgan fingerprint density at radius 1 is 0.522 bits per heavy atom. The van der Waals surface area contributed by atoms with Crippen molar-refractivity contribution in [3.05, 3.63) is 108 Å². The zero-order valence-corrected chi connectivity index (χ0v) is 42.9. The van der Waals surface area contributed by atoms with E-state index in [2.05, 4.69) is 69.3 Å². The maximum atomic E-state index is 11.4. The minimum Gasteiger partial charge on any atom is -1.00 e. The number of hydrogen-bond acceptors (Lipinski definition) is 9. The van der Waals surface area contributed by atoms with E-state index in [-0.39, 0.29) is 42.7 Å². The van der Waals surface area contributed by atoms with Crippen LogP contribution in [-0.2, 0) is 31.0 Å². The van der Waals surface area contributed by atoms with Crippen molar-refractivity contribution >= 4 is 0 Å². The Hall–Kier alpha value is -1.70. The van der Waals surface area contributed by atoms with Gasteiger partial charge < -0.3 is 45.7 Å². The zero-order valence-electron chi connectivity index (χ0n) is 41.9. The molecule has 0 amide bonds. The van der Waals surface area contributed by atoms with E-state index in [0.29, 0.717) is 55.0 Å². The maximum Gasteiger partial charge on any atom is 1.00 e. The monoisotopic (exact) mass is 928 g/mol. The van der Waals surface area contributed by atoms with Gasteiger partial charge >= 0.3 is 29.6 Å². The summed E-state index contributed by atoms with van der Waals surface area (Å²) < 4.78 is 18.3. The quantitative estimate of drug-likeness (QED) is 0.162. The standard InChI is InChI=1S/2C19H27NO2.C12H14O.C7H13NO.Na.H/c2*21-19(17-7-4-8-17,16-5-2-1-3-6-16)14-22-18-13-20-11-9-15(18)10-12-20;1-2-5-10(6-3-1)12(9-13-12)11-7-4-8-11;9-7-5-8-3-1-6(7)2-4-8;;/h2*1-3,5-6,15,17-18,21H,4,7-14H2;1-3,5-6,11H,4,7-9H2;6-7,9H,1-5H2;;/q;;;;+1;-1/t18-,19+;18-,19-;;7-;;/m00.0../s1. The Morgan fingerprint density at radius 2 is 0.896 bits per heavy atom. The molecule has 13 aliphatic rings. The van der Waals surface area contributed by atoms with Crippen LogP contribution in [0.3, 0.4) is 0 Å². The first-order valence-electron chi connectivity index (χ1n) is 26.6. The van der Waals surface area contributed by atoms with Gasteiger partial charge in [0.1, 0.15) is 16.8 Å². The largest absolute Gasteiger partial charge is 1.00 e. The van der Waals surface area contributed by atoms with Gasteiger partial charge in [-0.05, 0) is 169 Å². The molecule has 3 aliphatic carbocycles. The first-order valence-corrected chi connectivity index (χ1v) is 26.6. The number of piperidine rings is 9. The summed E-state index contributed by atoms with van der Waals surface area (Å²) in [5.74, 6) is 3.55. The molecule has 16 rings (SSSR count). The Morgan fingerprint density at radius 3 is 1.16 bits per heavy atom. The average molecular weight is 928 g/mol. The number of aliphatic hydroxyl groups excluding tert-OH is 1. The van der Waals surface area contributed by atoms with Gasteiger partial charge in [0.15, 0.2) is 0 Å². The van der Waals surface area contributed by atoms with Gasteiger partial charge in [-0.2, -0.15) is 0 Å². The summed E-state index contributed by atoms with van der Waals surface area (Å²) >= 11 is 0. The second kappa shape index (κ2) is 22.8. The van der Waals surface area contributed by atoms with E-state index in [1.807, 2.05) is 36.4 Å². The molecule has 13 fully saturated rings. The van der Waals surface area contributed by atoms with Crippen LogP contribution in [0.1, 0.15) is 114 Å². The van der Waals surface area contributed by atoms with Crippen LogP contribution >= 0.6 is 0 Å². The second-order valence-electron chi connectivity index (χ2n) is 22.2. The van der Waals surface area contributed by atoms with Gasteiger partial charge in [-0.1, -0.05) is 110 Å². The Labute approximate surface area is 426 Å². The normalized spacial score (nSPS) is 35.4. The number of benzene rings is 3. The van der Waals surface area contributed by atoms with Gasteiger partial charge in [0.05, 0.1) is 38.1 Å². The number of epoxide rings is 1. The van der Waals surface area contributed by atoms with Gasteiger partial charge in [-0.25, -0.2) is 0 Å². The molecule has 3 N–H and O–H groups in total. The summed E-state index contributed by atoms with van der Waals surface area (Å²) in [6.45, 7) is 12.3. The third-order valence-electron chi connectivity index (χ3n) is 18.4. The molecular weight excluding hydrogens is 846 g/mol.